The fourth-order valence-corrected chi connectivity index (χ4v) is 2.78. The van der Waals surface area contributed by atoms with Crippen LogP contribution >= 0.6 is 0 Å². The minimum absolute atomic E-state index is 0.816. The predicted molar refractivity (Wildman–Crippen MR) is 80.8 cm³/mol. The number of hydrogen-bond donors (Lipinski definition) is 1. The van der Waals surface area contributed by atoms with E-state index in [9.17, 15) is 0 Å². The molecule has 0 amide bonds. The Balaban J connectivity index is 1.55. The highest BCUT2D eigenvalue weighted by Gasteiger charge is 2.31. The average Bonchev–Trinajstić information content (AvgIpc) is 3.33. The summed E-state index contributed by atoms with van der Waals surface area (Å²) in [5, 5.41) is 3.38. The molecule has 3 rings (SSSR count). The Morgan fingerprint density at radius 2 is 2.00 bits per heavy atom. The van der Waals surface area contributed by atoms with Crippen molar-refractivity contribution in [2.24, 2.45) is 0 Å². The van der Waals surface area contributed by atoms with Crippen LogP contribution < -0.4 is 10.2 Å². The molecule has 1 saturated heterocycles. The maximum Gasteiger partial charge on any atom is 0.147 e. The third-order valence-electron chi connectivity index (χ3n) is 4.11. The third kappa shape index (κ3) is 3.46. The van der Waals surface area contributed by atoms with Gasteiger partial charge in [-0.1, -0.05) is 6.92 Å². The van der Waals surface area contributed by atoms with E-state index >= 15 is 0 Å². The molecule has 1 aliphatic heterocycles. The second-order valence-electron chi connectivity index (χ2n) is 5.80. The van der Waals surface area contributed by atoms with Gasteiger partial charge in [-0.2, -0.15) is 0 Å². The van der Waals surface area contributed by atoms with E-state index in [4.69, 9.17) is 4.98 Å². The number of aromatic nitrogens is 2. The zero-order valence-corrected chi connectivity index (χ0v) is 12.4. The molecule has 0 bridgehead atoms. The van der Waals surface area contributed by atoms with Crippen molar-refractivity contribution in [2.75, 3.05) is 37.6 Å². The van der Waals surface area contributed by atoms with Gasteiger partial charge in [0.2, 0.25) is 0 Å². The van der Waals surface area contributed by atoms with Crippen molar-refractivity contribution >= 4 is 5.82 Å². The zero-order chi connectivity index (χ0) is 13.8. The van der Waals surface area contributed by atoms with Crippen LogP contribution in [-0.4, -0.2) is 53.6 Å². The Labute approximate surface area is 121 Å². The molecule has 2 heterocycles. The van der Waals surface area contributed by atoms with Crippen LogP contribution in [0.2, 0.25) is 0 Å². The molecule has 1 aromatic heterocycles. The number of hydrogen-bond acceptors (Lipinski definition) is 5. The van der Waals surface area contributed by atoms with Crippen molar-refractivity contribution in [2.45, 2.75) is 38.8 Å². The zero-order valence-electron chi connectivity index (χ0n) is 12.4. The Hall–Kier alpha value is -1.20. The number of nitrogens with one attached hydrogen (secondary N) is 1. The van der Waals surface area contributed by atoms with Gasteiger partial charge in [0.15, 0.2) is 0 Å². The molecule has 20 heavy (non-hydrogen) atoms. The fraction of sp³-hybridized carbons (Fsp3) is 0.733. The first kappa shape index (κ1) is 13.8. The van der Waals surface area contributed by atoms with Crippen LogP contribution in [0.1, 0.15) is 31.9 Å². The summed E-state index contributed by atoms with van der Waals surface area (Å²) >= 11 is 0. The molecular weight excluding hydrogens is 250 g/mol. The van der Waals surface area contributed by atoms with E-state index in [1.54, 1.807) is 0 Å². The van der Waals surface area contributed by atoms with Crippen LogP contribution in [0, 0.1) is 0 Å². The lowest BCUT2D eigenvalue weighted by Gasteiger charge is -2.35. The average molecular weight is 275 g/mol. The van der Waals surface area contributed by atoms with Crippen LogP contribution in [-0.2, 0) is 6.54 Å². The fourth-order valence-electron chi connectivity index (χ4n) is 2.78. The largest absolute Gasteiger partial charge is 0.353 e. The lowest BCUT2D eigenvalue weighted by molar-refractivity contribution is 0.247. The van der Waals surface area contributed by atoms with Crippen molar-refractivity contribution in [1.29, 1.82) is 0 Å². The number of nitrogens with zero attached hydrogens (tertiary/aromatic N) is 4. The first-order chi connectivity index (χ1) is 9.86. The summed E-state index contributed by atoms with van der Waals surface area (Å²) in [5.41, 5.74) is 1.04. The van der Waals surface area contributed by atoms with Crippen LogP contribution in [0.15, 0.2) is 12.4 Å². The van der Waals surface area contributed by atoms with Crippen molar-refractivity contribution in [3.63, 3.8) is 0 Å². The third-order valence-corrected chi connectivity index (χ3v) is 4.11. The molecule has 5 nitrogen and oxygen atoms in total. The van der Waals surface area contributed by atoms with Gasteiger partial charge >= 0.3 is 0 Å². The van der Waals surface area contributed by atoms with E-state index in [0.717, 1.165) is 50.2 Å². The van der Waals surface area contributed by atoms with Gasteiger partial charge < -0.3 is 10.2 Å². The van der Waals surface area contributed by atoms with E-state index in [1.807, 2.05) is 12.4 Å². The summed E-state index contributed by atoms with van der Waals surface area (Å²) < 4.78 is 0. The van der Waals surface area contributed by atoms with E-state index in [0.29, 0.717) is 0 Å². The highest BCUT2D eigenvalue weighted by molar-refractivity contribution is 5.37. The SMILES string of the molecule is CCCNCc1cncc(N2CCN(C3CC3)CC2)n1. The number of piperazine rings is 1. The molecule has 110 valence electrons. The second kappa shape index (κ2) is 6.50. The highest BCUT2D eigenvalue weighted by Crippen LogP contribution is 2.28. The van der Waals surface area contributed by atoms with Gasteiger partial charge in [-0.15, -0.1) is 0 Å². The molecular formula is C15H25N5. The van der Waals surface area contributed by atoms with Gasteiger partial charge in [0.25, 0.3) is 0 Å². The molecule has 0 atom stereocenters. The summed E-state index contributed by atoms with van der Waals surface area (Å²) in [4.78, 5) is 14.1. The maximum atomic E-state index is 4.74. The Kier molecular flexibility index (Phi) is 4.47. The standard InChI is InChI=1S/C15H25N5/c1-2-5-16-10-13-11-17-12-15(18-13)20-8-6-19(7-9-20)14-3-4-14/h11-12,14,16H,2-10H2,1H3. The van der Waals surface area contributed by atoms with Crippen LogP contribution in [0.25, 0.3) is 0 Å². The van der Waals surface area contributed by atoms with E-state index in [2.05, 4.69) is 27.0 Å². The monoisotopic (exact) mass is 275 g/mol. The Morgan fingerprint density at radius 3 is 2.70 bits per heavy atom. The van der Waals surface area contributed by atoms with Crippen molar-refractivity contribution < 1.29 is 0 Å². The van der Waals surface area contributed by atoms with Crippen molar-refractivity contribution in [3.8, 4) is 0 Å². The minimum Gasteiger partial charge on any atom is -0.353 e. The molecule has 2 fully saturated rings. The molecule has 0 spiro atoms. The summed E-state index contributed by atoms with van der Waals surface area (Å²) in [6.07, 6.45) is 7.72. The lowest BCUT2D eigenvalue weighted by Crippen LogP contribution is -2.47. The first-order valence-electron chi connectivity index (χ1n) is 7.87. The summed E-state index contributed by atoms with van der Waals surface area (Å²) in [7, 11) is 0. The molecule has 0 unspecified atom stereocenters. The molecule has 1 aliphatic carbocycles. The Morgan fingerprint density at radius 1 is 1.20 bits per heavy atom. The molecule has 0 aromatic carbocycles. The molecule has 1 aromatic rings. The van der Waals surface area contributed by atoms with Crippen LogP contribution in [0.5, 0.6) is 0 Å². The van der Waals surface area contributed by atoms with Gasteiger partial charge in [0, 0.05) is 45.0 Å². The van der Waals surface area contributed by atoms with Gasteiger partial charge in [0.05, 0.1) is 11.9 Å². The normalized spacial score (nSPS) is 20.4. The summed E-state index contributed by atoms with van der Waals surface area (Å²) in [6, 6.07) is 0.882. The second-order valence-corrected chi connectivity index (χ2v) is 5.80. The predicted octanol–water partition coefficient (Wildman–Crippen LogP) is 1.26. The first-order valence-corrected chi connectivity index (χ1v) is 7.87. The van der Waals surface area contributed by atoms with Crippen LogP contribution in [0.3, 0.4) is 0 Å². The number of rotatable bonds is 6. The molecule has 5 heteroatoms. The van der Waals surface area contributed by atoms with Crippen molar-refractivity contribution in [1.82, 2.24) is 20.2 Å². The smallest absolute Gasteiger partial charge is 0.147 e. The molecule has 0 radical (unpaired) electrons. The molecule has 1 N–H and O–H groups in total. The van der Waals surface area contributed by atoms with Crippen LogP contribution in [0.4, 0.5) is 5.82 Å². The Bertz CT molecular complexity index is 424. The maximum absolute atomic E-state index is 4.74. The topological polar surface area (TPSA) is 44.3 Å². The van der Waals surface area contributed by atoms with Gasteiger partial charge in [-0.3, -0.25) is 9.88 Å². The molecule has 2 aliphatic rings. The van der Waals surface area contributed by atoms with E-state index < -0.39 is 0 Å². The summed E-state index contributed by atoms with van der Waals surface area (Å²) in [6.45, 7) is 8.53. The summed E-state index contributed by atoms with van der Waals surface area (Å²) in [5.74, 6) is 1.04. The van der Waals surface area contributed by atoms with Gasteiger partial charge in [-0.05, 0) is 25.8 Å². The lowest BCUT2D eigenvalue weighted by atomic mass is 10.3. The quantitative estimate of drug-likeness (QED) is 0.792. The highest BCUT2D eigenvalue weighted by atomic mass is 15.3. The van der Waals surface area contributed by atoms with Gasteiger partial charge in [0.1, 0.15) is 5.82 Å². The van der Waals surface area contributed by atoms with Gasteiger partial charge in [-0.25, -0.2) is 4.98 Å². The molecule has 1 saturated carbocycles. The van der Waals surface area contributed by atoms with E-state index in [1.165, 1.54) is 25.9 Å². The van der Waals surface area contributed by atoms with Crippen molar-refractivity contribution in [3.05, 3.63) is 18.1 Å². The van der Waals surface area contributed by atoms with E-state index in [-0.39, 0.29) is 0 Å². The minimum atomic E-state index is 0.816. The number of anilines is 1.